The Hall–Kier alpha value is -2.41. The molecular formula is C14H15ClN4O3. The van der Waals surface area contributed by atoms with Crippen molar-refractivity contribution in [3.8, 4) is 5.69 Å². The third-order valence-electron chi connectivity index (χ3n) is 3.04. The molecule has 0 unspecified atom stereocenters. The van der Waals surface area contributed by atoms with Gasteiger partial charge in [-0.25, -0.2) is 4.68 Å². The first-order valence-corrected chi connectivity index (χ1v) is 7.01. The van der Waals surface area contributed by atoms with E-state index in [9.17, 15) is 9.59 Å². The molecule has 0 atom stereocenters. The second kappa shape index (κ2) is 7.04. The molecule has 0 aliphatic heterocycles. The minimum Gasteiger partial charge on any atom is -0.481 e. The van der Waals surface area contributed by atoms with Gasteiger partial charge in [0, 0.05) is 20.0 Å². The number of para-hydroxylation sites is 1. The van der Waals surface area contributed by atoms with Gasteiger partial charge in [0.05, 0.1) is 16.9 Å². The number of nitrogens with zero attached hydrogens (tertiary/aromatic N) is 4. The summed E-state index contributed by atoms with van der Waals surface area (Å²) in [7, 11) is 1.60. The number of amides is 1. The zero-order valence-corrected chi connectivity index (χ0v) is 12.7. The summed E-state index contributed by atoms with van der Waals surface area (Å²) in [6.45, 7) is 0.337. The smallest absolute Gasteiger partial charge is 0.303 e. The lowest BCUT2D eigenvalue weighted by Gasteiger charge is -2.14. The van der Waals surface area contributed by atoms with Gasteiger partial charge in [-0.3, -0.25) is 9.59 Å². The fraction of sp³-hybridized carbons (Fsp3) is 0.286. The highest BCUT2D eigenvalue weighted by atomic mass is 35.5. The molecule has 0 spiro atoms. The van der Waals surface area contributed by atoms with Crippen molar-refractivity contribution in [2.45, 2.75) is 12.8 Å². The second-order valence-corrected chi connectivity index (χ2v) is 5.13. The van der Waals surface area contributed by atoms with Crippen LogP contribution in [0.4, 0.5) is 0 Å². The van der Waals surface area contributed by atoms with E-state index < -0.39 is 5.97 Å². The average Bonchev–Trinajstić information content (AvgIpc) is 2.96. The Morgan fingerprint density at radius 1 is 1.36 bits per heavy atom. The highest BCUT2D eigenvalue weighted by molar-refractivity contribution is 6.32. The summed E-state index contributed by atoms with van der Waals surface area (Å²) in [5.74, 6) is -1.20. The summed E-state index contributed by atoms with van der Waals surface area (Å²) < 4.78 is 1.43. The number of carbonyl (C=O) groups is 2. The number of carboxylic acids is 1. The highest BCUT2D eigenvalue weighted by Gasteiger charge is 2.16. The number of aromatic nitrogens is 3. The summed E-state index contributed by atoms with van der Waals surface area (Å²) in [5.41, 5.74) is 0.807. The SMILES string of the molecule is CN(CCCC(=O)O)C(=O)c1cn(-c2ccccc2Cl)nn1. The molecule has 7 nitrogen and oxygen atoms in total. The lowest BCUT2D eigenvalue weighted by molar-refractivity contribution is -0.137. The van der Waals surface area contributed by atoms with Gasteiger partial charge in [0.2, 0.25) is 0 Å². The number of carboxylic acid groups (broad SMARTS) is 1. The molecule has 1 aromatic carbocycles. The molecule has 0 aliphatic carbocycles. The molecule has 1 aromatic heterocycles. The number of carbonyl (C=O) groups excluding carboxylic acids is 1. The van der Waals surface area contributed by atoms with E-state index >= 15 is 0 Å². The van der Waals surface area contributed by atoms with Gasteiger partial charge in [-0.1, -0.05) is 28.9 Å². The topological polar surface area (TPSA) is 88.3 Å². The summed E-state index contributed by atoms with van der Waals surface area (Å²) in [6.07, 6.45) is 1.90. The Labute approximate surface area is 132 Å². The van der Waals surface area contributed by atoms with Crippen LogP contribution in [0, 0.1) is 0 Å². The van der Waals surface area contributed by atoms with E-state index in [1.54, 1.807) is 25.2 Å². The van der Waals surface area contributed by atoms with Gasteiger partial charge < -0.3 is 10.0 Å². The largest absolute Gasteiger partial charge is 0.481 e. The standard InChI is InChI=1S/C14H15ClN4O3/c1-18(8-4-7-13(20)21)14(22)11-9-19(17-16-11)12-6-3-2-5-10(12)15/h2-3,5-6,9H,4,7-8H2,1H3,(H,20,21). The number of benzene rings is 1. The maximum absolute atomic E-state index is 12.2. The normalized spacial score (nSPS) is 10.5. The van der Waals surface area contributed by atoms with E-state index in [1.807, 2.05) is 6.07 Å². The molecule has 0 bridgehead atoms. The van der Waals surface area contributed by atoms with Crippen LogP contribution in [0.5, 0.6) is 0 Å². The lowest BCUT2D eigenvalue weighted by atomic mass is 10.3. The fourth-order valence-corrected chi connectivity index (χ4v) is 2.10. The fourth-order valence-electron chi connectivity index (χ4n) is 1.88. The van der Waals surface area contributed by atoms with Crippen molar-refractivity contribution >= 4 is 23.5 Å². The van der Waals surface area contributed by atoms with Crippen LogP contribution in [0.3, 0.4) is 0 Å². The number of hydrogen-bond acceptors (Lipinski definition) is 4. The number of aliphatic carboxylic acids is 1. The molecule has 2 rings (SSSR count). The summed E-state index contributed by atoms with van der Waals surface area (Å²) >= 11 is 6.07. The van der Waals surface area contributed by atoms with Crippen LogP contribution in [0.2, 0.25) is 5.02 Å². The van der Waals surface area contributed by atoms with Crippen LogP contribution in [0.25, 0.3) is 5.69 Å². The first-order chi connectivity index (χ1) is 10.5. The quantitative estimate of drug-likeness (QED) is 0.877. The van der Waals surface area contributed by atoms with Crippen LogP contribution in [-0.2, 0) is 4.79 Å². The Bertz CT molecular complexity index is 686. The van der Waals surface area contributed by atoms with Gasteiger partial charge in [0.25, 0.3) is 5.91 Å². The summed E-state index contributed by atoms with van der Waals surface area (Å²) in [5, 5.41) is 16.8. The van der Waals surface area contributed by atoms with Crippen LogP contribution < -0.4 is 0 Å². The van der Waals surface area contributed by atoms with Gasteiger partial charge >= 0.3 is 5.97 Å². The summed E-state index contributed by atoms with van der Waals surface area (Å²) in [4.78, 5) is 24.1. The second-order valence-electron chi connectivity index (χ2n) is 4.72. The van der Waals surface area contributed by atoms with Gasteiger partial charge in [-0.15, -0.1) is 5.10 Å². The molecule has 0 fully saturated rings. The van der Waals surface area contributed by atoms with Crippen molar-refractivity contribution in [2.24, 2.45) is 0 Å². The molecule has 116 valence electrons. The summed E-state index contributed by atoms with van der Waals surface area (Å²) in [6, 6.07) is 7.09. The third kappa shape index (κ3) is 3.82. The maximum atomic E-state index is 12.2. The van der Waals surface area contributed by atoms with Crippen LogP contribution in [-0.4, -0.2) is 50.5 Å². The maximum Gasteiger partial charge on any atom is 0.303 e. The van der Waals surface area contributed by atoms with Crippen molar-refractivity contribution in [3.63, 3.8) is 0 Å². The molecule has 0 saturated carbocycles. The Morgan fingerprint density at radius 2 is 2.09 bits per heavy atom. The molecule has 1 heterocycles. The molecule has 2 aromatic rings. The van der Waals surface area contributed by atoms with Crippen molar-refractivity contribution in [3.05, 3.63) is 41.2 Å². The van der Waals surface area contributed by atoms with E-state index in [1.165, 1.54) is 15.8 Å². The van der Waals surface area contributed by atoms with Gasteiger partial charge in [0.15, 0.2) is 5.69 Å². The van der Waals surface area contributed by atoms with Gasteiger partial charge in [0.1, 0.15) is 0 Å². The molecule has 22 heavy (non-hydrogen) atoms. The molecule has 0 aliphatic rings. The molecule has 1 N–H and O–H groups in total. The highest BCUT2D eigenvalue weighted by Crippen LogP contribution is 2.18. The molecule has 0 saturated heterocycles. The minimum absolute atomic E-state index is 0.0178. The first kappa shape index (κ1) is 16.0. The molecular weight excluding hydrogens is 308 g/mol. The Balaban J connectivity index is 2.06. The monoisotopic (exact) mass is 322 g/mol. The number of hydrogen-bond donors (Lipinski definition) is 1. The molecule has 0 radical (unpaired) electrons. The van der Waals surface area contributed by atoms with Gasteiger partial charge in [-0.05, 0) is 18.6 Å². The minimum atomic E-state index is -0.884. The lowest BCUT2D eigenvalue weighted by Crippen LogP contribution is -2.28. The predicted octanol–water partition coefficient (Wildman–Crippen LogP) is 1.86. The number of rotatable bonds is 6. The third-order valence-corrected chi connectivity index (χ3v) is 3.36. The van der Waals surface area contributed by atoms with Crippen LogP contribution >= 0.6 is 11.6 Å². The van der Waals surface area contributed by atoms with E-state index in [-0.39, 0.29) is 18.0 Å². The predicted molar refractivity (Wildman–Crippen MR) is 80.2 cm³/mol. The van der Waals surface area contributed by atoms with E-state index in [2.05, 4.69) is 10.3 Å². The first-order valence-electron chi connectivity index (χ1n) is 6.63. The van der Waals surface area contributed by atoms with Crippen molar-refractivity contribution < 1.29 is 14.7 Å². The van der Waals surface area contributed by atoms with E-state index in [0.717, 1.165) is 0 Å². The van der Waals surface area contributed by atoms with Crippen LogP contribution in [0.15, 0.2) is 30.5 Å². The zero-order chi connectivity index (χ0) is 16.1. The molecule has 1 amide bonds. The average molecular weight is 323 g/mol. The molecule has 8 heteroatoms. The van der Waals surface area contributed by atoms with E-state index in [4.69, 9.17) is 16.7 Å². The van der Waals surface area contributed by atoms with Gasteiger partial charge in [-0.2, -0.15) is 0 Å². The van der Waals surface area contributed by atoms with Crippen molar-refractivity contribution in [2.75, 3.05) is 13.6 Å². The Morgan fingerprint density at radius 3 is 2.77 bits per heavy atom. The van der Waals surface area contributed by atoms with Crippen LogP contribution in [0.1, 0.15) is 23.3 Å². The van der Waals surface area contributed by atoms with E-state index in [0.29, 0.717) is 23.7 Å². The number of halogens is 1. The van der Waals surface area contributed by atoms with Crippen molar-refractivity contribution in [1.82, 2.24) is 19.9 Å². The Kier molecular flexibility index (Phi) is 5.11. The zero-order valence-electron chi connectivity index (χ0n) is 11.9. The van der Waals surface area contributed by atoms with Crippen molar-refractivity contribution in [1.29, 1.82) is 0 Å².